The van der Waals surface area contributed by atoms with E-state index in [1.54, 1.807) is 12.1 Å². The molecular formula is C14H20N2O. The second-order valence-electron chi connectivity index (χ2n) is 4.90. The molecule has 0 bridgehead atoms. The van der Waals surface area contributed by atoms with Crippen molar-refractivity contribution in [2.24, 2.45) is 5.73 Å². The largest absolute Gasteiger partial charge is 0.366 e. The van der Waals surface area contributed by atoms with Crippen LogP contribution in [0.3, 0.4) is 0 Å². The number of benzene rings is 1. The second kappa shape index (κ2) is 4.88. The van der Waals surface area contributed by atoms with Crippen LogP contribution in [-0.2, 0) is 6.54 Å². The summed E-state index contributed by atoms with van der Waals surface area (Å²) in [5, 5.41) is 3.63. The predicted octanol–water partition coefficient (Wildman–Crippen LogP) is 2.21. The van der Waals surface area contributed by atoms with Crippen molar-refractivity contribution in [2.75, 3.05) is 0 Å². The van der Waals surface area contributed by atoms with Crippen molar-refractivity contribution < 1.29 is 4.79 Å². The summed E-state index contributed by atoms with van der Waals surface area (Å²) in [6.45, 7) is 3.11. The Hall–Kier alpha value is -1.35. The van der Waals surface area contributed by atoms with E-state index in [2.05, 4.69) is 12.2 Å². The molecule has 0 atom stereocenters. The molecule has 1 aromatic carbocycles. The zero-order valence-corrected chi connectivity index (χ0v) is 10.3. The van der Waals surface area contributed by atoms with E-state index in [0.717, 1.165) is 6.54 Å². The number of rotatable bonds is 5. The van der Waals surface area contributed by atoms with Crippen LogP contribution in [0.15, 0.2) is 24.3 Å². The third-order valence-corrected chi connectivity index (χ3v) is 3.89. The Bertz CT molecular complexity index is 388. The molecule has 1 aliphatic carbocycles. The van der Waals surface area contributed by atoms with Gasteiger partial charge >= 0.3 is 0 Å². The van der Waals surface area contributed by atoms with Gasteiger partial charge in [0.25, 0.3) is 0 Å². The lowest BCUT2D eigenvalue weighted by molar-refractivity contribution is 0.100. The van der Waals surface area contributed by atoms with E-state index in [-0.39, 0.29) is 5.91 Å². The standard InChI is InChI=1S/C14H20N2O/c1-2-14(8-3-9-14)16-10-11-4-6-12(7-5-11)13(15)17/h4-7,16H,2-3,8-10H2,1H3,(H2,15,17). The van der Waals surface area contributed by atoms with Gasteiger partial charge in [-0.25, -0.2) is 0 Å². The molecule has 1 saturated carbocycles. The molecule has 0 heterocycles. The van der Waals surface area contributed by atoms with Gasteiger partial charge < -0.3 is 11.1 Å². The number of hydrogen-bond acceptors (Lipinski definition) is 2. The van der Waals surface area contributed by atoms with E-state index in [4.69, 9.17) is 5.73 Å². The summed E-state index contributed by atoms with van der Waals surface area (Å²) >= 11 is 0. The van der Waals surface area contributed by atoms with E-state index in [1.807, 2.05) is 12.1 Å². The lowest BCUT2D eigenvalue weighted by Crippen LogP contribution is -2.49. The quantitative estimate of drug-likeness (QED) is 0.817. The summed E-state index contributed by atoms with van der Waals surface area (Å²) in [7, 11) is 0. The molecule has 0 aromatic heterocycles. The number of hydrogen-bond donors (Lipinski definition) is 2. The minimum absolute atomic E-state index is 0.363. The molecule has 17 heavy (non-hydrogen) atoms. The molecule has 3 nitrogen and oxygen atoms in total. The van der Waals surface area contributed by atoms with Crippen molar-refractivity contribution in [3.05, 3.63) is 35.4 Å². The van der Waals surface area contributed by atoms with Crippen molar-refractivity contribution in [2.45, 2.75) is 44.7 Å². The molecule has 0 saturated heterocycles. The first-order valence-corrected chi connectivity index (χ1v) is 6.29. The highest BCUT2D eigenvalue weighted by Gasteiger charge is 2.33. The van der Waals surface area contributed by atoms with Gasteiger partial charge in [-0.15, -0.1) is 0 Å². The average molecular weight is 232 g/mol. The van der Waals surface area contributed by atoms with E-state index >= 15 is 0 Å². The molecule has 0 unspecified atom stereocenters. The number of nitrogens with two attached hydrogens (primary N) is 1. The molecule has 1 amide bonds. The molecule has 0 spiro atoms. The van der Waals surface area contributed by atoms with Crippen LogP contribution in [0.1, 0.15) is 48.5 Å². The summed E-state index contributed by atoms with van der Waals surface area (Å²) in [5.41, 5.74) is 7.34. The lowest BCUT2D eigenvalue weighted by Gasteiger charge is -2.42. The van der Waals surface area contributed by atoms with Gasteiger partial charge in [-0.05, 0) is 43.4 Å². The van der Waals surface area contributed by atoms with Crippen LogP contribution in [0, 0.1) is 0 Å². The third-order valence-electron chi connectivity index (χ3n) is 3.89. The fraction of sp³-hybridized carbons (Fsp3) is 0.500. The van der Waals surface area contributed by atoms with Crippen molar-refractivity contribution in [3.8, 4) is 0 Å². The Balaban J connectivity index is 1.93. The van der Waals surface area contributed by atoms with Gasteiger partial charge in [-0.3, -0.25) is 4.79 Å². The van der Waals surface area contributed by atoms with Crippen molar-refractivity contribution in [3.63, 3.8) is 0 Å². The van der Waals surface area contributed by atoms with Gasteiger partial charge in [0.05, 0.1) is 0 Å². The highest BCUT2D eigenvalue weighted by atomic mass is 16.1. The Labute approximate surface area is 102 Å². The zero-order valence-electron chi connectivity index (χ0n) is 10.3. The SMILES string of the molecule is CCC1(NCc2ccc(C(N)=O)cc2)CCC1. The molecule has 2 rings (SSSR count). The van der Waals surface area contributed by atoms with Crippen LogP contribution in [0.25, 0.3) is 0 Å². The predicted molar refractivity (Wildman–Crippen MR) is 68.7 cm³/mol. The van der Waals surface area contributed by atoms with E-state index < -0.39 is 0 Å². The average Bonchev–Trinajstić information content (AvgIpc) is 2.29. The number of amides is 1. The van der Waals surface area contributed by atoms with Crippen LogP contribution in [-0.4, -0.2) is 11.4 Å². The molecule has 0 radical (unpaired) electrons. The minimum atomic E-state index is -0.367. The van der Waals surface area contributed by atoms with Crippen LogP contribution < -0.4 is 11.1 Å². The van der Waals surface area contributed by atoms with Gasteiger partial charge in [0.15, 0.2) is 0 Å². The second-order valence-corrected chi connectivity index (χ2v) is 4.90. The molecule has 0 aliphatic heterocycles. The summed E-state index contributed by atoms with van der Waals surface area (Å²) < 4.78 is 0. The number of carbonyl (C=O) groups excluding carboxylic acids is 1. The van der Waals surface area contributed by atoms with Crippen LogP contribution in [0.4, 0.5) is 0 Å². The van der Waals surface area contributed by atoms with Gasteiger partial charge in [0.2, 0.25) is 5.91 Å². The first-order chi connectivity index (χ1) is 8.15. The molecule has 1 aliphatic rings. The van der Waals surface area contributed by atoms with Gasteiger partial charge in [0, 0.05) is 17.6 Å². The number of nitrogens with one attached hydrogen (secondary N) is 1. The maximum atomic E-state index is 10.9. The Kier molecular flexibility index (Phi) is 3.48. The fourth-order valence-corrected chi connectivity index (χ4v) is 2.34. The van der Waals surface area contributed by atoms with E-state index in [9.17, 15) is 4.79 Å². The summed E-state index contributed by atoms with van der Waals surface area (Å²) in [6.07, 6.45) is 5.08. The Morgan fingerprint density at radius 2 is 2.00 bits per heavy atom. The smallest absolute Gasteiger partial charge is 0.248 e. The highest BCUT2D eigenvalue weighted by molar-refractivity contribution is 5.92. The monoisotopic (exact) mass is 232 g/mol. The number of primary amides is 1. The first-order valence-electron chi connectivity index (χ1n) is 6.29. The minimum Gasteiger partial charge on any atom is -0.366 e. The highest BCUT2D eigenvalue weighted by Crippen LogP contribution is 2.34. The molecule has 1 fully saturated rings. The molecular weight excluding hydrogens is 212 g/mol. The summed E-state index contributed by atoms with van der Waals surface area (Å²) in [5.74, 6) is -0.367. The normalized spacial score (nSPS) is 17.5. The third kappa shape index (κ3) is 2.67. The summed E-state index contributed by atoms with van der Waals surface area (Å²) in [4.78, 5) is 10.9. The molecule has 3 heteroatoms. The lowest BCUT2D eigenvalue weighted by atomic mass is 9.75. The van der Waals surface area contributed by atoms with Crippen LogP contribution in [0.5, 0.6) is 0 Å². The fourth-order valence-electron chi connectivity index (χ4n) is 2.34. The van der Waals surface area contributed by atoms with Gasteiger partial charge in [0.1, 0.15) is 0 Å². The first kappa shape index (κ1) is 12.1. The van der Waals surface area contributed by atoms with Crippen molar-refractivity contribution in [1.82, 2.24) is 5.32 Å². The van der Waals surface area contributed by atoms with Crippen molar-refractivity contribution >= 4 is 5.91 Å². The van der Waals surface area contributed by atoms with Gasteiger partial charge in [-0.2, -0.15) is 0 Å². The van der Waals surface area contributed by atoms with E-state index in [1.165, 1.54) is 31.2 Å². The van der Waals surface area contributed by atoms with E-state index in [0.29, 0.717) is 11.1 Å². The molecule has 3 N–H and O–H groups in total. The Morgan fingerprint density at radius 3 is 2.41 bits per heavy atom. The molecule has 92 valence electrons. The number of carbonyl (C=O) groups is 1. The van der Waals surface area contributed by atoms with Crippen LogP contribution >= 0.6 is 0 Å². The van der Waals surface area contributed by atoms with Crippen molar-refractivity contribution in [1.29, 1.82) is 0 Å². The van der Waals surface area contributed by atoms with Crippen LogP contribution in [0.2, 0.25) is 0 Å². The van der Waals surface area contributed by atoms with Gasteiger partial charge in [-0.1, -0.05) is 19.1 Å². The Morgan fingerprint density at radius 1 is 1.35 bits per heavy atom. The topological polar surface area (TPSA) is 55.1 Å². The maximum absolute atomic E-state index is 10.9. The zero-order chi connectivity index (χ0) is 12.3. The summed E-state index contributed by atoms with van der Waals surface area (Å²) in [6, 6.07) is 7.52. The maximum Gasteiger partial charge on any atom is 0.248 e. The molecule has 1 aromatic rings.